The molecule has 0 atom stereocenters. The van der Waals surface area contributed by atoms with Crippen LogP contribution in [0.3, 0.4) is 0 Å². The highest BCUT2D eigenvalue weighted by atomic mass is 35.5. The summed E-state index contributed by atoms with van der Waals surface area (Å²) in [4.78, 5) is 0. The molecule has 1 nitrogen and oxygen atoms in total. The van der Waals surface area contributed by atoms with Gasteiger partial charge in [0.05, 0.1) is 0 Å². The molecule has 0 bridgehead atoms. The maximum absolute atomic E-state index is 13.8. The summed E-state index contributed by atoms with van der Waals surface area (Å²) >= 11 is 6.09. The molecule has 3 rings (SSSR count). The minimum Gasteiger partial charge on any atom is -0.504 e. The Hall–Kier alpha value is -1.80. The quantitative estimate of drug-likeness (QED) is 0.642. The monoisotopic (exact) mass is 246 g/mol. The summed E-state index contributed by atoms with van der Waals surface area (Å²) in [5, 5.41) is 13.3. The summed E-state index contributed by atoms with van der Waals surface area (Å²) in [5.74, 6) is -1.04. The van der Waals surface area contributed by atoms with E-state index in [2.05, 4.69) is 6.58 Å². The summed E-state index contributed by atoms with van der Waals surface area (Å²) in [6.07, 6.45) is 0. The van der Waals surface area contributed by atoms with Crippen LogP contribution in [0.15, 0.2) is 30.3 Å². The van der Waals surface area contributed by atoms with Crippen molar-refractivity contribution in [2.24, 2.45) is 0 Å². The number of halogens is 2. The molecule has 0 aromatic heterocycles. The zero-order valence-electron chi connectivity index (χ0n) is 8.80. The van der Waals surface area contributed by atoms with Crippen LogP contribution >= 0.6 is 11.6 Å². The number of hydrogen-bond acceptors (Lipinski definition) is 1. The van der Waals surface area contributed by atoms with Gasteiger partial charge in [-0.15, -0.1) is 0 Å². The third-order valence-electron chi connectivity index (χ3n) is 3.04. The molecular weight excluding hydrogens is 239 g/mol. The largest absolute Gasteiger partial charge is 0.504 e. The average Bonchev–Trinajstić information content (AvgIpc) is 2.35. The van der Waals surface area contributed by atoms with Gasteiger partial charge in [-0.2, -0.15) is 0 Å². The van der Waals surface area contributed by atoms with Gasteiger partial charge in [-0.3, -0.25) is 0 Å². The molecule has 0 radical (unpaired) electrons. The van der Waals surface area contributed by atoms with Crippen LogP contribution in [0.4, 0.5) is 4.39 Å². The number of hydrogen-bond donors (Lipinski definition) is 1. The third kappa shape index (κ3) is 1.25. The summed E-state index contributed by atoms with van der Waals surface area (Å²) in [6, 6.07) is 8.69. The second-order valence-corrected chi connectivity index (χ2v) is 4.37. The van der Waals surface area contributed by atoms with E-state index in [9.17, 15) is 9.50 Å². The first-order chi connectivity index (χ1) is 8.11. The lowest BCUT2D eigenvalue weighted by atomic mass is 9.98. The molecule has 0 aliphatic rings. The number of rotatable bonds is 0. The lowest BCUT2D eigenvalue weighted by Gasteiger charge is -2.10. The highest BCUT2D eigenvalue weighted by Crippen LogP contribution is 2.35. The van der Waals surface area contributed by atoms with Crippen LogP contribution in [-0.2, 0) is 0 Å². The molecule has 0 saturated carbocycles. The molecular formula is C14H8ClFO. The Labute approximate surface area is 102 Å². The van der Waals surface area contributed by atoms with Crippen LogP contribution in [0, 0.1) is 5.82 Å². The minimum atomic E-state index is -0.674. The second kappa shape index (κ2) is 3.34. The van der Waals surface area contributed by atoms with Crippen molar-refractivity contribution < 1.29 is 9.50 Å². The van der Waals surface area contributed by atoms with Gasteiger partial charge in [-0.05, 0) is 11.5 Å². The van der Waals surface area contributed by atoms with Crippen molar-refractivity contribution in [3.05, 3.63) is 46.4 Å². The molecule has 1 N–H and O–H groups in total. The fraction of sp³-hybridized carbons (Fsp3) is 0. The maximum atomic E-state index is 13.8. The fourth-order valence-electron chi connectivity index (χ4n) is 2.20. The molecule has 17 heavy (non-hydrogen) atoms. The topological polar surface area (TPSA) is 20.2 Å². The van der Waals surface area contributed by atoms with Gasteiger partial charge < -0.3 is 5.11 Å². The van der Waals surface area contributed by atoms with E-state index in [0.717, 1.165) is 10.8 Å². The minimum absolute atomic E-state index is 0.197. The Morgan fingerprint density at radius 1 is 1.06 bits per heavy atom. The second-order valence-electron chi connectivity index (χ2n) is 3.96. The van der Waals surface area contributed by atoms with Crippen molar-refractivity contribution in [2.75, 3.05) is 0 Å². The van der Waals surface area contributed by atoms with Crippen molar-refractivity contribution in [1.29, 1.82) is 0 Å². The molecule has 3 heteroatoms. The molecule has 3 aromatic rings. The van der Waals surface area contributed by atoms with Gasteiger partial charge in [0.1, 0.15) is 0 Å². The number of benzene rings is 3. The lowest BCUT2D eigenvalue weighted by molar-refractivity contribution is 0.437. The van der Waals surface area contributed by atoms with Crippen molar-refractivity contribution in [3.8, 4) is 5.75 Å². The molecule has 0 heterocycles. The van der Waals surface area contributed by atoms with E-state index in [1.54, 1.807) is 24.3 Å². The van der Waals surface area contributed by atoms with Crippen LogP contribution in [0.25, 0.3) is 28.1 Å². The molecule has 0 aliphatic carbocycles. The van der Waals surface area contributed by atoms with Crippen molar-refractivity contribution >= 4 is 39.7 Å². The molecule has 84 valence electrons. The van der Waals surface area contributed by atoms with Gasteiger partial charge in [0.15, 0.2) is 11.6 Å². The van der Waals surface area contributed by atoms with Crippen LogP contribution in [0.1, 0.15) is 0 Å². The van der Waals surface area contributed by atoms with Crippen molar-refractivity contribution in [2.45, 2.75) is 0 Å². The molecule has 3 aromatic carbocycles. The predicted molar refractivity (Wildman–Crippen MR) is 68.8 cm³/mol. The number of phenolic OH excluding ortho intramolecular Hbond substituents is 1. The van der Waals surface area contributed by atoms with Crippen molar-refractivity contribution in [3.63, 3.8) is 0 Å². The molecule has 0 fully saturated rings. The van der Waals surface area contributed by atoms with E-state index < -0.39 is 5.82 Å². The zero-order chi connectivity index (χ0) is 12.2. The Balaban J connectivity index is 2.79. The number of aromatic hydroxyl groups is 1. The summed E-state index contributed by atoms with van der Waals surface area (Å²) < 4.78 is 13.8. The molecule has 0 aliphatic heterocycles. The Kier molecular flexibility index (Phi) is 2.04. The molecule has 0 unspecified atom stereocenters. The van der Waals surface area contributed by atoms with Crippen LogP contribution in [0.5, 0.6) is 5.75 Å². The van der Waals surface area contributed by atoms with Gasteiger partial charge in [-0.1, -0.05) is 42.4 Å². The van der Waals surface area contributed by atoms with Gasteiger partial charge in [0.2, 0.25) is 0 Å². The highest BCUT2D eigenvalue weighted by Gasteiger charge is 2.14. The Bertz CT molecular complexity index is 795. The summed E-state index contributed by atoms with van der Waals surface area (Å²) in [7, 11) is 0. The lowest BCUT2D eigenvalue weighted by Crippen LogP contribution is -2.07. The molecule has 0 saturated heterocycles. The van der Waals surface area contributed by atoms with E-state index in [-0.39, 0.29) is 11.0 Å². The van der Waals surface area contributed by atoms with Crippen LogP contribution in [-0.4, -0.2) is 5.11 Å². The Morgan fingerprint density at radius 3 is 2.53 bits per heavy atom. The van der Waals surface area contributed by atoms with Gasteiger partial charge >= 0.3 is 0 Å². The normalized spacial score (nSPS) is 11.4. The van der Waals surface area contributed by atoms with E-state index in [4.69, 9.17) is 11.6 Å². The van der Waals surface area contributed by atoms with Gasteiger partial charge in [0.25, 0.3) is 0 Å². The average molecular weight is 247 g/mol. The van der Waals surface area contributed by atoms with E-state index in [1.807, 2.05) is 6.07 Å². The first kappa shape index (κ1) is 10.4. The maximum Gasteiger partial charge on any atom is 0.172 e. The summed E-state index contributed by atoms with van der Waals surface area (Å²) in [5.41, 5.74) is 0. The standard InChI is InChI=1S/C14H8ClFO/c1-7-8-5-6-11(15)9-3-2-4-10(12(8)9)14(17)13(7)16/h2-6,17H,1H2. The van der Waals surface area contributed by atoms with E-state index in [1.165, 1.54) is 0 Å². The first-order valence-electron chi connectivity index (χ1n) is 5.11. The molecule has 0 spiro atoms. The zero-order valence-corrected chi connectivity index (χ0v) is 9.55. The number of phenols is 1. The van der Waals surface area contributed by atoms with E-state index in [0.29, 0.717) is 15.8 Å². The predicted octanol–water partition coefficient (Wildman–Crippen LogP) is 3.62. The Morgan fingerprint density at radius 2 is 1.76 bits per heavy atom. The van der Waals surface area contributed by atoms with E-state index >= 15 is 0 Å². The molecule has 0 amide bonds. The highest BCUT2D eigenvalue weighted by molar-refractivity contribution is 6.37. The van der Waals surface area contributed by atoms with Gasteiger partial charge in [-0.25, -0.2) is 4.39 Å². The van der Waals surface area contributed by atoms with Crippen LogP contribution in [0.2, 0.25) is 5.02 Å². The third-order valence-corrected chi connectivity index (χ3v) is 3.37. The fourth-order valence-corrected chi connectivity index (χ4v) is 2.42. The first-order valence-corrected chi connectivity index (χ1v) is 5.49. The van der Waals surface area contributed by atoms with Crippen LogP contribution < -0.4 is 5.22 Å². The SMILES string of the molecule is C=c1c(F)c(O)c2cccc3c(Cl)ccc1c32. The smallest absolute Gasteiger partial charge is 0.172 e. The van der Waals surface area contributed by atoms with Crippen molar-refractivity contribution in [1.82, 2.24) is 0 Å². The van der Waals surface area contributed by atoms with Gasteiger partial charge in [0, 0.05) is 26.4 Å². The summed E-state index contributed by atoms with van der Waals surface area (Å²) in [6.45, 7) is 3.66.